The molecule has 0 aliphatic rings. The van der Waals surface area contributed by atoms with Crippen LogP contribution in [0.1, 0.15) is 36.9 Å². The summed E-state index contributed by atoms with van der Waals surface area (Å²) in [6, 6.07) is 17.7. The van der Waals surface area contributed by atoms with E-state index >= 15 is 0 Å². The first-order valence-corrected chi connectivity index (χ1v) is 7.32. The van der Waals surface area contributed by atoms with Crippen LogP contribution in [0.4, 0.5) is 4.39 Å². The lowest BCUT2D eigenvalue weighted by atomic mass is 10.0. The quantitative estimate of drug-likeness (QED) is 0.782. The van der Waals surface area contributed by atoms with Crippen molar-refractivity contribution < 1.29 is 4.39 Å². The zero-order valence-corrected chi connectivity index (χ0v) is 12.0. The second-order valence-electron chi connectivity index (χ2n) is 5.08. The Morgan fingerprint density at radius 1 is 1.00 bits per heavy atom. The number of hydrogen-bond acceptors (Lipinski definition) is 1. The van der Waals surface area contributed by atoms with Gasteiger partial charge in [-0.15, -0.1) is 0 Å². The number of hydrogen-bond donors (Lipinski definition) is 1. The molecule has 1 unspecified atom stereocenters. The summed E-state index contributed by atoms with van der Waals surface area (Å²) in [5, 5.41) is 3.61. The van der Waals surface area contributed by atoms with Crippen LogP contribution in [0.2, 0.25) is 0 Å². The van der Waals surface area contributed by atoms with Gasteiger partial charge in [-0.1, -0.05) is 55.8 Å². The highest BCUT2D eigenvalue weighted by molar-refractivity contribution is 5.19. The van der Waals surface area contributed by atoms with Crippen molar-refractivity contribution in [2.24, 2.45) is 0 Å². The van der Waals surface area contributed by atoms with E-state index in [1.54, 1.807) is 0 Å². The fraction of sp³-hybridized carbons (Fsp3) is 0.333. The van der Waals surface area contributed by atoms with Gasteiger partial charge in [0, 0.05) is 6.04 Å². The van der Waals surface area contributed by atoms with Crippen LogP contribution >= 0.6 is 0 Å². The van der Waals surface area contributed by atoms with Gasteiger partial charge in [-0.3, -0.25) is 0 Å². The number of nitrogens with one attached hydrogen (secondary N) is 1. The van der Waals surface area contributed by atoms with E-state index in [1.807, 2.05) is 18.2 Å². The van der Waals surface area contributed by atoms with Crippen LogP contribution < -0.4 is 5.32 Å². The molecule has 1 atom stereocenters. The number of benzene rings is 2. The molecule has 0 fully saturated rings. The molecule has 1 nitrogen and oxygen atoms in total. The molecular weight excluding hydrogens is 249 g/mol. The first-order valence-electron chi connectivity index (χ1n) is 7.32. The highest BCUT2D eigenvalue weighted by atomic mass is 19.1. The van der Waals surface area contributed by atoms with Crippen molar-refractivity contribution in [2.45, 2.75) is 32.2 Å². The topological polar surface area (TPSA) is 12.0 Å². The number of rotatable bonds is 7. The van der Waals surface area contributed by atoms with E-state index < -0.39 is 0 Å². The largest absolute Gasteiger partial charge is 0.310 e. The Bertz CT molecular complexity index is 493. The smallest absolute Gasteiger partial charge is 0.123 e. The lowest BCUT2D eigenvalue weighted by Gasteiger charge is -2.18. The van der Waals surface area contributed by atoms with E-state index in [1.165, 1.54) is 23.3 Å². The Kier molecular flexibility index (Phi) is 5.75. The highest BCUT2D eigenvalue weighted by Gasteiger charge is 2.08. The molecule has 2 aromatic rings. The molecule has 0 bridgehead atoms. The van der Waals surface area contributed by atoms with Crippen molar-refractivity contribution in [3.8, 4) is 0 Å². The third-order valence-corrected chi connectivity index (χ3v) is 3.50. The fourth-order valence-corrected chi connectivity index (χ4v) is 2.40. The van der Waals surface area contributed by atoms with Gasteiger partial charge in [0.15, 0.2) is 0 Å². The lowest BCUT2D eigenvalue weighted by Crippen LogP contribution is -2.23. The second kappa shape index (κ2) is 7.81. The van der Waals surface area contributed by atoms with Gasteiger partial charge in [0.1, 0.15) is 5.82 Å². The molecule has 0 aliphatic heterocycles. The Morgan fingerprint density at radius 2 is 1.70 bits per heavy atom. The van der Waals surface area contributed by atoms with Gasteiger partial charge in [0.25, 0.3) is 0 Å². The van der Waals surface area contributed by atoms with Crippen molar-refractivity contribution >= 4 is 0 Å². The van der Waals surface area contributed by atoms with Gasteiger partial charge in [-0.05, 0) is 42.6 Å². The molecule has 0 heterocycles. The minimum absolute atomic E-state index is 0.171. The monoisotopic (exact) mass is 271 g/mol. The van der Waals surface area contributed by atoms with E-state index in [0.717, 1.165) is 25.8 Å². The molecule has 0 saturated heterocycles. The molecular formula is C18H22FN. The van der Waals surface area contributed by atoms with E-state index in [-0.39, 0.29) is 5.82 Å². The van der Waals surface area contributed by atoms with Crippen molar-refractivity contribution in [3.63, 3.8) is 0 Å². The third kappa shape index (κ3) is 4.46. The number of halogens is 1. The van der Waals surface area contributed by atoms with Gasteiger partial charge >= 0.3 is 0 Å². The molecule has 2 heteroatoms. The van der Waals surface area contributed by atoms with Crippen LogP contribution in [-0.4, -0.2) is 6.54 Å². The van der Waals surface area contributed by atoms with Crippen molar-refractivity contribution in [3.05, 3.63) is 71.5 Å². The maximum absolute atomic E-state index is 12.8. The van der Waals surface area contributed by atoms with E-state index in [2.05, 4.69) is 36.5 Å². The standard InChI is InChI=1S/C18H22FN/c1-2-6-18(16-7-4-3-5-8-16)20-14-13-15-9-11-17(19)12-10-15/h3-5,7-12,18,20H,2,6,13-14H2,1H3. The minimum Gasteiger partial charge on any atom is -0.310 e. The van der Waals surface area contributed by atoms with Crippen LogP contribution in [-0.2, 0) is 6.42 Å². The third-order valence-electron chi connectivity index (χ3n) is 3.50. The molecule has 0 aromatic heterocycles. The minimum atomic E-state index is -0.171. The zero-order chi connectivity index (χ0) is 14.2. The van der Waals surface area contributed by atoms with Crippen molar-refractivity contribution in [1.82, 2.24) is 5.32 Å². The first kappa shape index (κ1) is 14.7. The summed E-state index contributed by atoms with van der Waals surface area (Å²) < 4.78 is 12.8. The maximum atomic E-state index is 12.8. The highest BCUT2D eigenvalue weighted by Crippen LogP contribution is 2.18. The zero-order valence-electron chi connectivity index (χ0n) is 12.0. The molecule has 0 amide bonds. The average Bonchev–Trinajstić information content (AvgIpc) is 2.49. The summed E-state index contributed by atoms with van der Waals surface area (Å²) in [4.78, 5) is 0. The predicted molar refractivity (Wildman–Crippen MR) is 82.2 cm³/mol. The Hall–Kier alpha value is -1.67. The summed E-state index contributed by atoms with van der Waals surface area (Å²) in [6.07, 6.45) is 3.21. The van der Waals surface area contributed by atoms with E-state index in [4.69, 9.17) is 0 Å². The average molecular weight is 271 g/mol. The van der Waals surface area contributed by atoms with E-state index in [9.17, 15) is 4.39 Å². The summed E-state index contributed by atoms with van der Waals surface area (Å²) in [6.45, 7) is 3.11. The summed E-state index contributed by atoms with van der Waals surface area (Å²) in [5.74, 6) is -0.171. The van der Waals surface area contributed by atoms with Gasteiger partial charge in [0.05, 0.1) is 0 Å². The molecule has 2 aromatic carbocycles. The fourth-order valence-electron chi connectivity index (χ4n) is 2.40. The van der Waals surface area contributed by atoms with Crippen LogP contribution in [0.15, 0.2) is 54.6 Å². The Labute approximate surface area is 120 Å². The Morgan fingerprint density at radius 3 is 2.35 bits per heavy atom. The molecule has 1 N–H and O–H groups in total. The molecule has 0 aliphatic carbocycles. The van der Waals surface area contributed by atoms with Crippen LogP contribution in [0, 0.1) is 5.82 Å². The SMILES string of the molecule is CCCC(NCCc1ccc(F)cc1)c1ccccc1. The summed E-state index contributed by atoms with van der Waals surface area (Å²) in [5.41, 5.74) is 2.51. The molecule has 106 valence electrons. The van der Waals surface area contributed by atoms with Gasteiger partial charge in [-0.25, -0.2) is 4.39 Å². The second-order valence-corrected chi connectivity index (χ2v) is 5.08. The van der Waals surface area contributed by atoms with Crippen molar-refractivity contribution in [2.75, 3.05) is 6.54 Å². The van der Waals surface area contributed by atoms with Gasteiger partial charge < -0.3 is 5.32 Å². The predicted octanol–water partition coefficient (Wildman–Crippen LogP) is 4.50. The van der Waals surface area contributed by atoms with E-state index in [0.29, 0.717) is 6.04 Å². The molecule has 0 radical (unpaired) electrons. The van der Waals surface area contributed by atoms with Crippen LogP contribution in [0.3, 0.4) is 0 Å². The normalized spacial score (nSPS) is 12.3. The summed E-state index contributed by atoms with van der Waals surface area (Å²) >= 11 is 0. The molecule has 20 heavy (non-hydrogen) atoms. The van der Waals surface area contributed by atoms with Crippen LogP contribution in [0.5, 0.6) is 0 Å². The summed E-state index contributed by atoms with van der Waals surface area (Å²) in [7, 11) is 0. The van der Waals surface area contributed by atoms with Crippen LogP contribution in [0.25, 0.3) is 0 Å². The van der Waals surface area contributed by atoms with Gasteiger partial charge in [-0.2, -0.15) is 0 Å². The van der Waals surface area contributed by atoms with Gasteiger partial charge in [0.2, 0.25) is 0 Å². The maximum Gasteiger partial charge on any atom is 0.123 e. The Balaban J connectivity index is 1.88. The molecule has 0 saturated carbocycles. The molecule has 2 rings (SSSR count). The molecule has 0 spiro atoms. The lowest BCUT2D eigenvalue weighted by molar-refractivity contribution is 0.497. The first-order chi connectivity index (χ1) is 9.79. The van der Waals surface area contributed by atoms with Crippen molar-refractivity contribution in [1.29, 1.82) is 0 Å².